The summed E-state index contributed by atoms with van der Waals surface area (Å²) >= 11 is 0. The summed E-state index contributed by atoms with van der Waals surface area (Å²) in [6.07, 6.45) is 2.18. The molecule has 0 aliphatic heterocycles. The lowest BCUT2D eigenvalue weighted by Crippen LogP contribution is -2.17. The van der Waals surface area contributed by atoms with Gasteiger partial charge in [-0.1, -0.05) is 0 Å². The Morgan fingerprint density at radius 3 is 2.64 bits per heavy atom. The zero-order chi connectivity index (χ0) is 8.69. The van der Waals surface area contributed by atoms with E-state index in [2.05, 4.69) is 11.7 Å². The lowest BCUT2D eigenvalue weighted by Gasteiger charge is -2.04. The molecule has 0 bridgehead atoms. The third-order valence-electron chi connectivity index (χ3n) is 1.44. The van der Waals surface area contributed by atoms with E-state index in [0.29, 0.717) is 13.0 Å². The summed E-state index contributed by atoms with van der Waals surface area (Å²) in [6.45, 7) is 3.80. The molecule has 0 aromatic carbocycles. The summed E-state index contributed by atoms with van der Waals surface area (Å²) in [6, 6.07) is -0.651. The van der Waals surface area contributed by atoms with Gasteiger partial charge in [-0.25, -0.2) is 4.79 Å². The maximum atomic E-state index is 10.4. The quantitative estimate of drug-likeness (QED) is 0.430. The summed E-state index contributed by atoms with van der Waals surface area (Å²) < 4.78 is 0. The molecule has 0 radical (unpaired) electrons. The van der Waals surface area contributed by atoms with Crippen molar-refractivity contribution in [1.29, 1.82) is 0 Å². The first-order chi connectivity index (χ1) is 5.22. The van der Waals surface area contributed by atoms with Crippen LogP contribution in [-0.2, 0) is 4.79 Å². The third kappa shape index (κ3) is 4.50. The van der Waals surface area contributed by atoms with E-state index in [0.717, 1.165) is 12.8 Å². The van der Waals surface area contributed by atoms with Crippen molar-refractivity contribution in [2.45, 2.75) is 25.3 Å². The van der Waals surface area contributed by atoms with Crippen LogP contribution < -0.4 is 5.73 Å². The molecule has 64 valence electrons. The van der Waals surface area contributed by atoms with Gasteiger partial charge >= 0.3 is 5.97 Å². The highest BCUT2D eigenvalue weighted by atomic mass is 16.4. The van der Waals surface area contributed by atoms with Crippen LogP contribution in [0, 0.1) is 0 Å². The predicted octanol–water partition coefficient (Wildman–Crippen LogP) is 0.269. The second-order valence-electron chi connectivity index (χ2n) is 2.32. The molecular formula is C7H14N2O2. The van der Waals surface area contributed by atoms with Gasteiger partial charge in [0, 0.05) is 0 Å². The molecule has 11 heavy (non-hydrogen) atoms. The molecule has 0 aliphatic carbocycles. The fourth-order valence-electron chi connectivity index (χ4n) is 0.775. The van der Waals surface area contributed by atoms with E-state index in [9.17, 15) is 4.79 Å². The number of carbonyl (C=O) groups is 1. The lowest BCUT2D eigenvalue weighted by atomic mass is 10.1. The molecule has 4 heteroatoms. The zero-order valence-corrected chi connectivity index (χ0v) is 6.49. The predicted molar refractivity (Wildman–Crippen MR) is 43.9 cm³/mol. The zero-order valence-electron chi connectivity index (χ0n) is 6.49. The molecule has 0 amide bonds. The Morgan fingerprint density at radius 2 is 2.27 bits per heavy atom. The van der Waals surface area contributed by atoms with Gasteiger partial charge in [-0.05, 0) is 32.5 Å². The van der Waals surface area contributed by atoms with E-state index in [-0.39, 0.29) is 0 Å². The number of unbranched alkanes of at least 4 members (excludes halogenated alkanes) is 1. The van der Waals surface area contributed by atoms with Crippen LogP contribution in [0.3, 0.4) is 0 Å². The molecule has 4 nitrogen and oxygen atoms in total. The highest BCUT2D eigenvalue weighted by Gasteiger charge is 2.12. The van der Waals surface area contributed by atoms with Crippen LogP contribution in [0.15, 0.2) is 4.99 Å². The molecule has 0 aromatic heterocycles. The van der Waals surface area contributed by atoms with Crippen LogP contribution in [0.2, 0.25) is 0 Å². The minimum absolute atomic E-state index is 0.538. The molecule has 0 saturated heterocycles. The van der Waals surface area contributed by atoms with Gasteiger partial charge in [0.1, 0.15) is 6.04 Å². The van der Waals surface area contributed by atoms with Crippen molar-refractivity contribution in [3.05, 3.63) is 0 Å². The molecule has 0 spiro atoms. The smallest absolute Gasteiger partial charge is 0.328 e. The number of hydrogen-bond donors (Lipinski definition) is 2. The summed E-state index contributed by atoms with van der Waals surface area (Å²) in [5, 5.41) is 8.51. The Bertz CT molecular complexity index is 136. The number of rotatable bonds is 6. The summed E-state index contributed by atoms with van der Waals surface area (Å²) in [5.41, 5.74) is 5.24. The van der Waals surface area contributed by atoms with Crippen molar-refractivity contribution in [1.82, 2.24) is 0 Å². The topological polar surface area (TPSA) is 75.7 Å². The normalized spacial score (nSPS) is 12.5. The Labute approximate surface area is 66.1 Å². The van der Waals surface area contributed by atoms with Gasteiger partial charge in [0.25, 0.3) is 0 Å². The van der Waals surface area contributed by atoms with E-state index >= 15 is 0 Å². The maximum Gasteiger partial charge on any atom is 0.328 e. The van der Waals surface area contributed by atoms with E-state index < -0.39 is 12.0 Å². The van der Waals surface area contributed by atoms with Crippen LogP contribution in [0.1, 0.15) is 19.3 Å². The molecule has 0 saturated carbocycles. The van der Waals surface area contributed by atoms with Gasteiger partial charge in [0.05, 0.1) is 0 Å². The van der Waals surface area contributed by atoms with Crippen molar-refractivity contribution >= 4 is 12.7 Å². The molecule has 0 aliphatic rings. The molecule has 3 N–H and O–H groups in total. The standard InChI is InChI=1S/C7H14N2O2/c1-9-6(7(10)11)4-2-3-5-8/h6H,1-5,8H2,(H,10,11)/t6-/m0/s1. The number of carboxylic acids is 1. The van der Waals surface area contributed by atoms with Crippen molar-refractivity contribution in [3.63, 3.8) is 0 Å². The highest BCUT2D eigenvalue weighted by Crippen LogP contribution is 2.03. The van der Waals surface area contributed by atoms with E-state index in [1.807, 2.05) is 0 Å². The molecule has 0 heterocycles. The fourth-order valence-corrected chi connectivity index (χ4v) is 0.775. The van der Waals surface area contributed by atoms with Crippen LogP contribution >= 0.6 is 0 Å². The Hall–Kier alpha value is -0.900. The number of nitrogens with two attached hydrogens (primary N) is 1. The van der Waals surface area contributed by atoms with Crippen LogP contribution in [-0.4, -0.2) is 30.4 Å². The lowest BCUT2D eigenvalue weighted by molar-refractivity contribution is -0.138. The largest absolute Gasteiger partial charge is 0.480 e. The minimum atomic E-state index is -0.906. The van der Waals surface area contributed by atoms with E-state index in [1.54, 1.807) is 0 Å². The van der Waals surface area contributed by atoms with Crippen LogP contribution in [0.4, 0.5) is 0 Å². The van der Waals surface area contributed by atoms with E-state index in [4.69, 9.17) is 10.8 Å². The molecular weight excluding hydrogens is 144 g/mol. The van der Waals surface area contributed by atoms with Gasteiger partial charge < -0.3 is 10.8 Å². The molecule has 0 fully saturated rings. The summed E-state index contributed by atoms with van der Waals surface area (Å²) in [5.74, 6) is -0.906. The summed E-state index contributed by atoms with van der Waals surface area (Å²) in [7, 11) is 0. The molecule has 0 unspecified atom stereocenters. The third-order valence-corrected chi connectivity index (χ3v) is 1.44. The van der Waals surface area contributed by atoms with Gasteiger partial charge in [-0.15, -0.1) is 0 Å². The fraction of sp³-hybridized carbons (Fsp3) is 0.714. The van der Waals surface area contributed by atoms with E-state index in [1.165, 1.54) is 0 Å². The van der Waals surface area contributed by atoms with Crippen LogP contribution in [0.5, 0.6) is 0 Å². The number of hydrogen-bond acceptors (Lipinski definition) is 3. The van der Waals surface area contributed by atoms with Gasteiger partial charge in [-0.3, -0.25) is 4.99 Å². The first-order valence-corrected chi connectivity index (χ1v) is 3.61. The Balaban J connectivity index is 3.52. The second-order valence-corrected chi connectivity index (χ2v) is 2.32. The van der Waals surface area contributed by atoms with Crippen molar-refractivity contribution < 1.29 is 9.90 Å². The SMILES string of the molecule is C=N[C@@H](CCCCN)C(=O)O. The second kappa shape index (κ2) is 5.85. The number of aliphatic carboxylic acids is 1. The van der Waals surface area contributed by atoms with Crippen molar-refractivity contribution in [3.8, 4) is 0 Å². The van der Waals surface area contributed by atoms with Crippen molar-refractivity contribution in [2.75, 3.05) is 6.54 Å². The number of carboxylic acid groups (broad SMARTS) is 1. The average Bonchev–Trinajstić information content (AvgIpc) is 1.97. The van der Waals surface area contributed by atoms with Gasteiger partial charge in [-0.2, -0.15) is 0 Å². The molecule has 0 rings (SSSR count). The maximum absolute atomic E-state index is 10.4. The first kappa shape index (κ1) is 10.1. The highest BCUT2D eigenvalue weighted by molar-refractivity contribution is 5.74. The Morgan fingerprint density at radius 1 is 1.64 bits per heavy atom. The van der Waals surface area contributed by atoms with Crippen molar-refractivity contribution in [2.24, 2.45) is 10.7 Å². The van der Waals surface area contributed by atoms with Crippen LogP contribution in [0.25, 0.3) is 0 Å². The van der Waals surface area contributed by atoms with Gasteiger partial charge in [0.2, 0.25) is 0 Å². The summed E-state index contributed by atoms with van der Waals surface area (Å²) in [4.78, 5) is 13.8. The molecule has 1 atom stereocenters. The Kier molecular flexibility index (Phi) is 5.37. The number of aliphatic imine (C=N–C) groups is 1. The minimum Gasteiger partial charge on any atom is -0.480 e. The monoisotopic (exact) mass is 158 g/mol. The average molecular weight is 158 g/mol. The number of nitrogens with zero attached hydrogens (tertiary/aromatic N) is 1. The molecule has 0 aromatic rings. The van der Waals surface area contributed by atoms with Gasteiger partial charge in [0.15, 0.2) is 0 Å². The first-order valence-electron chi connectivity index (χ1n) is 3.61.